The highest BCUT2D eigenvalue weighted by atomic mass is 19.4. The van der Waals surface area contributed by atoms with Crippen LogP contribution in [0.25, 0.3) is 0 Å². The number of esters is 1. The molecule has 4 fully saturated rings. The number of hydrogen-bond acceptors (Lipinski definition) is 3. The molecule has 0 radical (unpaired) electrons. The summed E-state index contributed by atoms with van der Waals surface area (Å²) in [7, 11) is 1.11. The molecule has 1 aromatic carbocycles. The number of alkyl halides is 3. The SMILES string of the molecule is CN=C(c1ccc(OC(=O)C23CC4CC(CC(C4)C2)C3)cc1)C(F)(F)F. The molecule has 1 aromatic rings. The van der Waals surface area contributed by atoms with Crippen LogP contribution < -0.4 is 4.74 Å². The number of ether oxygens (including phenoxy) is 1. The second kappa shape index (κ2) is 6.10. The highest BCUT2D eigenvalue weighted by Crippen LogP contribution is 2.60. The summed E-state index contributed by atoms with van der Waals surface area (Å²) >= 11 is 0. The lowest BCUT2D eigenvalue weighted by Crippen LogP contribution is -2.51. The first kappa shape index (κ1) is 17.6. The van der Waals surface area contributed by atoms with E-state index >= 15 is 0 Å². The van der Waals surface area contributed by atoms with Crippen molar-refractivity contribution in [2.75, 3.05) is 7.05 Å². The molecule has 0 saturated heterocycles. The van der Waals surface area contributed by atoms with Crippen LogP contribution in [0.1, 0.15) is 44.1 Å². The first-order chi connectivity index (χ1) is 12.3. The van der Waals surface area contributed by atoms with Gasteiger partial charge in [-0.1, -0.05) is 0 Å². The van der Waals surface area contributed by atoms with Gasteiger partial charge in [0.1, 0.15) is 11.5 Å². The van der Waals surface area contributed by atoms with Gasteiger partial charge in [-0.15, -0.1) is 0 Å². The molecule has 4 bridgehead atoms. The maximum absolute atomic E-state index is 12.9. The molecule has 0 aromatic heterocycles. The van der Waals surface area contributed by atoms with Gasteiger partial charge in [0.05, 0.1) is 5.41 Å². The minimum absolute atomic E-state index is 0.0328. The molecule has 26 heavy (non-hydrogen) atoms. The fraction of sp³-hybridized carbons (Fsp3) is 0.600. The Bertz CT molecular complexity index is 701. The van der Waals surface area contributed by atoms with E-state index in [4.69, 9.17) is 4.74 Å². The summed E-state index contributed by atoms with van der Waals surface area (Å²) in [6.45, 7) is 0. The molecule has 0 atom stereocenters. The Balaban J connectivity index is 1.49. The van der Waals surface area contributed by atoms with Crippen LogP contribution in [0.2, 0.25) is 0 Å². The van der Waals surface area contributed by atoms with Crippen molar-refractivity contribution in [1.82, 2.24) is 0 Å². The van der Waals surface area contributed by atoms with E-state index in [1.807, 2.05) is 0 Å². The number of aliphatic imine (C=N–C) groups is 1. The minimum atomic E-state index is -4.51. The average Bonchev–Trinajstić information content (AvgIpc) is 2.54. The Hall–Kier alpha value is -1.85. The molecule has 140 valence electrons. The van der Waals surface area contributed by atoms with Crippen LogP contribution in [0.15, 0.2) is 29.3 Å². The molecule has 0 amide bonds. The molecule has 0 spiro atoms. The van der Waals surface area contributed by atoms with E-state index in [9.17, 15) is 18.0 Å². The molecule has 0 heterocycles. The van der Waals surface area contributed by atoms with Crippen molar-refractivity contribution < 1.29 is 22.7 Å². The van der Waals surface area contributed by atoms with Gasteiger partial charge in [0.2, 0.25) is 0 Å². The van der Waals surface area contributed by atoms with Crippen molar-refractivity contribution in [1.29, 1.82) is 0 Å². The van der Waals surface area contributed by atoms with Gasteiger partial charge in [0.15, 0.2) is 0 Å². The molecule has 4 aliphatic carbocycles. The topological polar surface area (TPSA) is 38.7 Å². The Morgan fingerprint density at radius 2 is 1.54 bits per heavy atom. The van der Waals surface area contributed by atoms with Crippen molar-refractivity contribution >= 4 is 11.7 Å². The maximum Gasteiger partial charge on any atom is 0.433 e. The van der Waals surface area contributed by atoms with E-state index in [1.165, 1.54) is 43.5 Å². The number of benzene rings is 1. The van der Waals surface area contributed by atoms with Crippen molar-refractivity contribution in [2.45, 2.75) is 44.7 Å². The van der Waals surface area contributed by atoms with Crippen LogP contribution in [0.3, 0.4) is 0 Å². The van der Waals surface area contributed by atoms with E-state index < -0.39 is 11.9 Å². The summed E-state index contributed by atoms with van der Waals surface area (Å²) in [4.78, 5) is 16.2. The van der Waals surface area contributed by atoms with Crippen LogP contribution >= 0.6 is 0 Å². The van der Waals surface area contributed by atoms with Crippen molar-refractivity contribution in [3.63, 3.8) is 0 Å². The van der Waals surface area contributed by atoms with Crippen molar-refractivity contribution in [2.24, 2.45) is 28.2 Å². The number of carbonyl (C=O) groups excluding carboxylic acids is 1. The smallest absolute Gasteiger partial charge is 0.426 e. The van der Waals surface area contributed by atoms with Gasteiger partial charge in [-0.2, -0.15) is 13.2 Å². The minimum Gasteiger partial charge on any atom is -0.426 e. The number of nitrogens with zero attached hydrogens (tertiary/aromatic N) is 1. The average molecular weight is 365 g/mol. The fourth-order valence-corrected chi connectivity index (χ4v) is 5.68. The van der Waals surface area contributed by atoms with E-state index in [2.05, 4.69) is 4.99 Å². The zero-order valence-corrected chi connectivity index (χ0v) is 14.7. The molecule has 6 heteroatoms. The summed E-state index contributed by atoms with van der Waals surface area (Å²) in [6.07, 6.45) is 1.89. The lowest BCUT2D eigenvalue weighted by Gasteiger charge is -2.55. The molecule has 3 nitrogen and oxygen atoms in total. The lowest BCUT2D eigenvalue weighted by atomic mass is 9.49. The van der Waals surface area contributed by atoms with Gasteiger partial charge in [-0.25, -0.2) is 0 Å². The number of halogens is 3. The predicted octanol–water partition coefficient (Wildman–Crippen LogP) is 4.79. The van der Waals surface area contributed by atoms with E-state index in [1.54, 1.807) is 0 Å². The van der Waals surface area contributed by atoms with Gasteiger partial charge in [-0.05, 0) is 80.5 Å². The third-order valence-electron chi connectivity index (χ3n) is 6.30. The normalized spacial score (nSPS) is 33.4. The maximum atomic E-state index is 12.9. The Kier molecular flexibility index (Phi) is 4.12. The van der Waals surface area contributed by atoms with E-state index in [-0.39, 0.29) is 16.9 Å². The van der Waals surface area contributed by atoms with Crippen LogP contribution in [0, 0.1) is 23.2 Å². The number of hydrogen-bond donors (Lipinski definition) is 0. The van der Waals surface area contributed by atoms with Crippen molar-refractivity contribution in [3.8, 4) is 5.75 Å². The Morgan fingerprint density at radius 1 is 1.04 bits per heavy atom. The predicted molar refractivity (Wildman–Crippen MR) is 91.2 cm³/mol. The Labute approximate surface area is 150 Å². The molecule has 0 N–H and O–H groups in total. The first-order valence-corrected chi connectivity index (χ1v) is 9.16. The van der Waals surface area contributed by atoms with Crippen LogP contribution in [0.4, 0.5) is 13.2 Å². The van der Waals surface area contributed by atoms with Gasteiger partial charge in [0.25, 0.3) is 0 Å². The number of rotatable bonds is 3. The third kappa shape index (κ3) is 3.03. The third-order valence-corrected chi connectivity index (χ3v) is 6.30. The van der Waals surface area contributed by atoms with Gasteiger partial charge in [-0.3, -0.25) is 9.79 Å². The summed E-state index contributed by atoms with van der Waals surface area (Å²) in [6, 6.07) is 5.45. The monoisotopic (exact) mass is 365 g/mol. The second-order valence-electron chi connectivity index (χ2n) is 8.18. The molecule has 4 aliphatic rings. The zero-order chi connectivity index (χ0) is 18.5. The molecule has 0 aliphatic heterocycles. The molecule has 4 saturated carbocycles. The lowest BCUT2D eigenvalue weighted by molar-refractivity contribution is -0.161. The standard InChI is InChI=1S/C20H22F3NO2/c1-24-17(20(21,22)23)15-2-4-16(5-3-15)26-18(25)19-9-12-6-13(10-19)8-14(7-12)11-19/h2-5,12-14H,6-11H2,1H3. The van der Waals surface area contributed by atoms with Crippen LogP contribution in [-0.2, 0) is 4.79 Å². The summed E-state index contributed by atoms with van der Waals surface area (Å²) in [5.74, 6) is 1.99. The Morgan fingerprint density at radius 3 is 1.96 bits per heavy atom. The van der Waals surface area contributed by atoms with E-state index in [0.29, 0.717) is 23.5 Å². The molecular weight excluding hydrogens is 343 g/mol. The van der Waals surface area contributed by atoms with Crippen LogP contribution in [-0.4, -0.2) is 24.9 Å². The van der Waals surface area contributed by atoms with Crippen molar-refractivity contribution in [3.05, 3.63) is 29.8 Å². The molecular formula is C20H22F3NO2. The van der Waals surface area contributed by atoms with Crippen LogP contribution in [0.5, 0.6) is 5.75 Å². The zero-order valence-electron chi connectivity index (χ0n) is 14.7. The highest BCUT2D eigenvalue weighted by molar-refractivity contribution is 6.04. The highest BCUT2D eigenvalue weighted by Gasteiger charge is 2.55. The quantitative estimate of drug-likeness (QED) is 0.439. The van der Waals surface area contributed by atoms with Gasteiger partial charge < -0.3 is 4.74 Å². The number of carbonyl (C=O) groups is 1. The van der Waals surface area contributed by atoms with Gasteiger partial charge in [0, 0.05) is 12.6 Å². The summed E-state index contributed by atoms with van der Waals surface area (Å²) in [5, 5.41) is 0. The molecule has 5 rings (SSSR count). The largest absolute Gasteiger partial charge is 0.433 e. The second-order valence-corrected chi connectivity index (χ2v) is 8.18. The summed E-state index contributed by atoms with van der Waals surface area (Å²) < 4.78 is 44.4. The fourth-order valence-electron chi connectivity index (χ4n) is 5.68. The van der Waals surface area contributed by atoms with Gasteiger partial charge >= 0.3 is 12.1 Å². The summed E-state index contributed by atoms with van der Waals surface area (Å²) in [5.41, 5.74) is -1.35. The van der Waals surface area contributed by atoms with E-state index in [0.717, 1.165) is 26.3 Å². The first-order valence-electron chi connectivity index (χ1n) is 9.16. The molecule has 0 unspecified atom stereocenters.